The maximum Gasteiger partial charge on any atom is 0.160 e. The van der Waals surface area contributed by atoms with E-state index in [4.69, 9.17) is 15.0 Å². The minimum Gasteiger partial charge on any atom is -0.359 e. The van der Waals surface area contributed by atoms with Crippen molar-refractivity contribution in [1.29, 1.82) is 0 Å². The molecule has 2 aliphatic carbocycles. The van der Waals surface area contributed by atoms with Crippen molar-refractivity contribution in [3.05, 3.63) is 209 Å². The van der Waals surface area contributed by atoms with Gasteiger partial charge in [-0.2, -0.15) is 0 Å². The van der Waals surface area contributed by atoms with Crippen LogP contribution in [0.15, 0.2) is 180 Å². The van der Waals surface area contributed by atoms with E-state index in [0.717, 1.165) is 45.2 Å². The molecule has 3 aliphatic rings. The summed E-state index contributed by atoms with van der Waals surface area (Å²) in [5.41, 5.74) is 18.2. The maximum atomic E-state index is 5.42. The highest BCUT2D eigenvalue weighted by molar-refractivity contribution is 7.18. The number of hydrogen-bond acceptors (Lipinski definition) is 5. The molecule has 0 saturated carbocycles. The molecular formula is C54H42N4S. The normalized spacial score (nSPS) is 16.7. The van der Waals surface area contributed by atoms with Crippen LogP contribution in [0.2, 0.25) is 0 Å². The van der Waals surface area contributed by atoms with Crippen molar-refractivity contribution in [2.24, 2.45) is 4.99 Å². The molecular weight excluding hydrogens is 737 g/mol. The zero-order valence-corrected chi connectivity index (χ0v) is 34.3. The molecule has 1 aliphatic heterocycles. The average Bonchev–Trinajstić information content (AvgIpc) is 3.94. The number of nitrogens with one attached hydrogen (secondary N) is 1. The summed E-state index contributed by atoms with van der Waals surface area (Å²) in [6.07, 6.45) is -0.165. The van der Waals surface area contributed by atoms with Gasteiger partial charge >= 0.3 is 0 Å². The molecule has 3 heterocycles. The zero-order valence-electron chi connectivity index (χ0n) is 33.5. The van der Waals surface area contributed by atoms with E-state index in [0.29, 0.717) is 0 Å². The summed E-state index contributed by atoms with van der Waals surface area (Å²) in [6.45, 7) is 9.24. The topological polar surface area (TPSA) is 50.2 Å². The number of hydrogen-bond donors (Lipinski definition) is 1. The highest BCUT2D eigenvalue weighted by Crippen LogP contribution is 2.52. The Hall–Kier alpha value is -6.69. The van der Waals surface area contributed by atoms with Crippen molar-refractivity contribution in [3.8, 4) is 54.8 Å². The molecule has 0 radical (unpaired) electrons. The summed E-state index contributed by atoms with van der Waals surface area (Å²) in [5, 5.41) is 3.83. The molecule has 8 aromatic rings. The molecule has 6 aromatic carbocycles. The number of rotatable bonds is 6. The van der Waals surface area contributed by atoms with E-state index in [9.17, 15) is 0 Å². The van der Waals surface area contributed by atoms with Gasteiger partial charge in [0.15, 0.2) is 5.82 Å². The molecule has 0 saturated heterocycles. The third-order valence-corrected chi connectivity index (χ3v) is 13.7. The minimum atomic E-state index is -0.227. The van der Waals surface area contributed by atoms with Gasteiger partial charge < -0.3 is 5.32 Å². The highest BCUT2D eigenvalue weighted by atomic mass is 32.1. The van der Waals surface area contributed by atoms with E-state index < -0.39 is 0 Å². The van der Waals surface area contributed by atoms with Gasteiger partial charge in [0.1, 0.15) is 6.17 Å². The van der Waals surface area contributed by atoms with Crippen LogP contribution >= 0.6 is 11.3 Å². The number of aliphatic imine (C=N–C) groups is 1. The second-order valence-corrected chi connectivity index (χ2v) is 17.9. The lowest BCUT2D eigenvalue weighted by atomic mass is 9.77. The first-order chi connectivity index (χ1) is 28.8. The zero-order chi connectivity index (χ0) is 39.9. The van der Waals surface area contributed by atoms with Crippen LogP contribution in [-0.2, 0) is 10.8 Å². The Morgan fingerprint density at radius 2 is 1.00 bits per heavy atom. The summed E-state index contributed by atoms with van der Waals surface area (Å²) in [6, 6.07) is 60.8. The van der Waals surface area contributed by atoms with Gasteiger partial charge in [-0.1, -0.05) is 185 Å². The van der Waals surface area contributed by atoms with Crippen molar-refractivity contribution < 1.29 is 0 Å². The quantitative estimate of drug-likeness (QED) is 0.183. The van der Waals surface area contributed by atoms with Gasteiger partial charge in [0, 0.05) is 65.2 Å². The molecule has 59 heavy (non-hydrogen) atoms. The van der Waals surface area contributed by atoms with Crippen LogP contribution in [-0.4, -0.2) is 15.7 Å². The van der Waals surface area contributed by atoms with E-state index in [-0.39, 0.29) is 17.0 Å². The molecule has 284 valence electrons. The first-order valence-corrected chi connectivity index (χ1v) is 21.2. The number of nitrogens with zero attached hydrogens (tertiary/aromatic N) is 3. The van der Waals surface area contributed by atoms with Crippen LogP contribution in [0.1, 0.15) is 67.2 Å². The molecule has 1 unspecified atom stereocenters. The first kappa shape index (κ1) is 35.5. The number of allylic oxidation sites excluding steroid dienone is 1. The van der Waals surface area contributed by atoms with Crippen LogP contribution in [0, 0.1) is 0 Å². The van der Waals surface area contributed by atoms with Crippen molar-refractivity contribution in [2.45, 2.75) is 44.7 Å². The van der Waals surface area contributed by atoms with Crippen LogP contribution in [0.3, 0.4) is 0 Å². The summed E-state index contributed by atoms with van der Waals surface area (Å²) >= 11 is 1.82. The molecule has 5 heteroatoms. The third-order valence-electron chi connectivity index (χ3n) is 12.5. The smallest absolute Gasteiger partial charge is 0.160 e. The van der Waals surface area contributed by atoms with Gasteiger partial charge in [-0.3, -0.25) is 4.99 Å². The second-order valence-electron chi connectivity index (χ2n) is 16.8. The fraction of sp³-hybridized carbons (Fsp3) is 0.130. The van der Waals surface area contributed by atoms with Crippen LogP contribution in [0.5, 0.6) is 0 Å². The Balaban J connectivity index is 0.914. The number of benzene rings is 6. The highest BCUT2D eigenvalue weighted by Gasteiger charge is 2.43. The largest absolute Gasteiger partial charge is 0.359 e. The fourth-order valence-corrected chi connectivity index (χ4v) is 10.6. The Labute approximate surface area is 349 Å². The van der Waals surface area contributed by atoms with Crippen molar-refractivity contribution in [2.75, 3.05) is 0 Å². The van der Waals surface area contributed by atoms with Crippen LogP contribution in [0.4, 0.5) is 0 Å². The monoisotopic (exact) mass is 778 g/mol. The third kappa shape index (κ3) is 5.67. The van der Waals surface area contributed by atoms with E-state index in [1.807, 2.05) is 17.4 Å². The van der Waals surface area contributed by atoms with E-state index in [1.54, 1.807) is 0 Å². The molecule has 1 atom stereocenters. The Bertz CT molecular complexity index is 2990. The predicted octanol–water partition coefficient (Wildman–Crippen LogP) is 13.3. The Morgan fingerprint density at radius 1 is 0.475 bits per heavy atom. The Kier molecular flexibility index (Phi) is 8.08. The van der Waals surface area contributed by atoms with Crippen molar-refractivity contribution in [1.82, 2.24) is 15.3 Å². The summed E-state index contributed by atoms with van der Waals surface area (Å²) in [4.78, 5) is 18.4. The summed E-state index contributed by atoms with van der Waals surface area (Å²) < 4.78 is 0. The lowest BCUT2D eigenvalue weighted by Crippen LogP contribution is -2.31. The predicted molar refractivity (Wildman–Crippen MR) is 244 cm³/mol. The summed E-state index contributed by atoms with van der Waals surface area (Å²) in [5.74, 6) is 0.752. The van der Waals surface area contributed by atoms with Gasteiger partial charge in [-0.15, -0.1) is 11.3 Å². The fourth-order valence-electron chi connectivity index (χ4n) is 9.54. The van der Waals surface area contributed by atoms with Gasteiger partial charge in [-0.25, -0.2) is 9.97 Å². The van der Waals surface area contributed by atoms with Gasteiger partial charge in [0.25, 0.3) is 0 Å². The SMILES string of the molecule is CC1(C)C2=C(NC(c3ccccc3)N=C2c2ccc(-c3ccc(-c4ccc(-c5nc(-c6ccccc6)nc6c5C(C)(C)c5ccccc5-6)cc4)s3)cc2)c2ccccc21. The molecule has 0 bridgehead atoms. The minimum absolute atomic E-state index is 0.165. The van der Waals surface area contributed by atoms with Crippen LogP contribution < -0.4 is 5.32 Å². The molecule has 1 N–H and O–H groups in total. The number of fused-ring (bicyclic) bond motifs is 5. The molecule has 2 aromatic heterocycles. The van der Waals surface area contributed by atoms with Gasteiger partial charge in [-0.05, 0) is 39.9 Å². The Morgan fingerprint density at radius 3 is 1.66 bits per heavy atom. The summed E-state index contributed by atoms with van der Waals surface area (Å²) in [7, 11) is 0. The maximum absolute atomic E-state index is 5.42. The van der Waals surface area contributed by atoms with Gasteiger partial charge in [0.05, 0.1) is 17.1 Å². The van der Waals surface area contributed by atoms with E-state index in [1.165, 1.54) is 60.0 Å². The van der Waals surface area contributed by atoms with Crippen molar-refractivity contribution in [3.63, 3.8) is 0 Å². The van der Waals surface area contributed by atoms with E-state index >= 15 is 0 Å². The molecule has 4 nitrogen and oxygen atoms in total. The number of aromatic nitrogens is 2. The molecule has 0 spiro atoms. The lowest BCUT2D eigenvalue weighted by molar-refractivity contribution is 0.628. The molecule has 0 amide bonds. The van der Waals surface area contributed by atoms with Crippen LogP contribution in [0.25, 0.3) is 60.5 Å². The average molecular weight is 779 g/mol. The first-order valence-electron chi connectivity index (χ1n) is 20.4. The van der Waals surface area contributed by atoms with Gasteiger partial charge in [0.2, 0.25) is 0 Å². The molecule has 0 fully saturated rings. The van der Waals surface area contributed by atoms with Crippen molar-refractivity contribution >= 4 is 22.7 Å². The number of thiophene rings is 1. The lowest BCUT2D eigenvalue weighted by Gasteiger charge is -2.31. The molecule has 11 rings (SSSR count). The van der Waals surface area contributed by atoms with E-state index in [2.05, 4.69) is 197 Å². The second kappa shape index (κ2) is 13.4. The standard InChI is InChI=1S/C54H42N4S/c1-53(2)41-21-13-11-19-39(41)49-45(53)47(55-51(57-49)37-15-7-5-8-16-37)35-27-23-33(24-28-35)43-31-32-44(59-43)34-25-29-36(30-26-34)48-46-50(40-20-12-14-22-42(40)54(46,3)4)58-52(56-48)38-17-9-6-10-18-38/h5-32,51,57H,1-4H3.